The summed E-state index contributed by atoms with van der Waals surface area (Å²) >= 11 is 0. The molecule has 21 heavy (non-hydrogen) atoms. The Bertz CT molecular complexity index is 405. The average Bonchev–Trinajstić information content (AvgIpc) is 2.47. The molecule has 2 unspecified atom stereocenters. The topological polar surface area (TPSA) is 49.4 Å². The Kier molecular flexibility index (Phi) is 6.51. The summed E-state index contributed by atoms with van der Waals surface area (Å²) in [4.78, 5) is 2.39. The zero-order valence-electron chi connectivity index (χ0n) is 13.7. The van der Waals surface area contributed by atoms with Gasteiger partial charge in [-0.25, -0.2) is 8.42 Å². The summed E-state index contributed by atoms with van der Waals surface area (Å²) in [5.74, 6) is 1.45. The van der Waals surface area contributed by atoms with Crippen LogP contribution in [0.15, 0.2) is 0 Å². The first kappa shape index (κ1) is 17.2. The molecule has 1 N–H and O–H groups in total. The lowest BCUT2D eigenvalue weighted by Crippen LogP contribution is -2.58. The smallest absolute Gasteiger partial charge is 0.151 e. The molecule has 1 aliphatic heterocycles. The molecule has 0 aromatic heterocycles. The van der Waals surface area contributed by atoms with Crippen molar-refractivity contribution in [3.63, 3.8) is 0 Å². The molecule has 2 aliphatic rings. The predicted molar refractivity (Wildman–Crippen MR) is 88.3 cm³/mol. The van der Waals surface area contributed by atoms with Gasteiger partial charge in [0.05, 0.1) is 5.75 Å². The van der Waals surface area contributed by atoms with Crippen LogP contribution in [0, 0.1) is 5.92 Å². The van der Waals surface area contributed by atoms with Gasteiger partial charge in [-0.3, -0.25) is 4.90 Å². The second-order valence-electron chi connectivity index (χ2n) is 6.91. The Hall–Kier alpha value is -0.130. The van der Waals surface area contributed by atoms with Crippen LogP contribution in [0.1, 0.15) is 52.4 Å². The minimum atomic E-state index is -2.86. The molecule has 0 radical (unpaired) electrons. The molecule has 0 spiro atoms. The van der Waals surface area contributed by atoms with Crippen molar-refractivity contribution in [2.24, 2.45) is 5.92 Å². The maximum Gasteiger partial charge on any atom is 0.151 e. The molecule has 5 heteroatoms. The highest BCUT2D eigenvalue weighted by atomic mass is 32.2. The summed E-state index contributed by atoms with van der Waals surface area (Å²) < 4.78 is 23.8. The molecule has 4 nitrogen and oxygen atoms in total. The fourth-order valence-corrected chi connectivity index (χ4v) is 5.12. The number of sulfone groups is 1. The van der Waals surface area contributed by atoms with E-state index in [1.807, 2.05) is 6.92 Å². The van der Waals surface area contributed by atoms with Gasteiger partial charge in [0, 0.05) is 37.5 Å². The molecule has 124 valence electrons. The Morgan fingerprint density at radius 3 is 2.52 bits per heavy atom. The third kappa shape index (κ3) is 5.22. The molecular weight excluding hydrogens is 284 g/mol. The van der Waals surface area contributed by atoms with Crippen LogP contribution in [0.4, 0.5) is 0 Å². The van der Waals surface area contributed by atoms with Gasteiger partial charge in [0.1, 0.15) is 0 Å². The van der Waals surface area contributed by atoms with Crippen molar-refractivity contribution in [1.29, 1.82) is 0 Å². The lowest BCUT2D eigenvalue weighted by Gasteiger charge is -2.42. The Morgan fingerprint density at radius 2 is 1.86 bits per heavy atom. The van der Waals surface area contributed by atoms with Gasteiger partial charge in [0.15, 0.2) is 9.84 Å². The molecule has 1 saturated heterocycles. The summed E-state index contributed by atoms with van der Waals surface area (Å²) in [5.41, 5.74) is 0. The summed E-state index contributed by atoms with van der Waals surface area (Å²) in [6, 6.07) is 1.01. The first-order valence-electron chi connectivity index (χ1n) is 8.69. The maximum absolute atomic E-state index is 11.9. The molecule has 1 aliphatic carbocycles. The Labute approximate surface area is 130 Å². The van der Waals surface area contributed by atoms with Crippen LogP contribution in [0.2, 0.25) is 0 Å². The van der Waals surface area contributed by atoms with Crippen LogP contribution < -0.4 is 5.32 Å². The van der Waals surface area contributed by atoms with Gasteiger partial charge in [-0.05, 0) is 32.1 Å². The number of nitrogens with one attached hydrogen (secondary N) is 1. The fraction of sp³-hybridized carbons (Fsp3) is 1.00. The van der Waals surface area contributed by atoms with E-state index in [1.165, 1.54) is 32.1 Å². The number of hydrogen-bond donors (Lipinski definition) is 1. The molecule has 0 amide bonds. The lowest BCUT2D eigenvalue weighted by atomic mass is 9.82. The lowest BCUT2D eigenvalue weighted by molar-refractivity contribution is 0.110. The minimum absolute atomic E-state index is 0.322. The predicted octanol–water partition coefficient (Wildman–Crippen LogP) is 2.05. The van der Waals surface area contributed by atoms with Crippen molar-refractivity contribution in [2.45, 2.75) is 64.5 Å². The minimum Gasteiger partial charge on any atom is -0.311 e. The quantitative estimate of drug-likeness (QED) is 0.815. The van der Waals surface area contributed by atoms with Crippen LogP contribution in [-0.4, -0.2) is 56.5 Å². The molecule has 2 atom stereocenters. The SMILES string of the molecule is CCCS(=O)(=O)CCN1CC(C2CCCCC2)NCC1C. The van der Waals surface area contributed by atoms with Crippen LogP contribution in [-0.2, 0) is 9.84 Å². The van der Waals surface area contributed by atoms with Crippen molar-refractivity contribution < 1.29 is 8.42 Å². The van der Waals surface area contributed by atoms with Gasteiger partial charge in [-0.2, -0.15) is 0 Å². The van der Waals surface area contributed by atoms with Gasteiger partial charge < -0.3 is 5.32 Å². The highest BCUT2D eigenvalue weighted by Crippen LogP contribution is 2.28. The van der Waals surface area contributed by atoms with Crippen molar-refractivity contribution in [3.8, 4) is 0 Å². The highest BCUT2D eigenvalue weighted by molar-refractivity contribution is 7.91. The number of hydrogen-bond acceptors (Lipinski definition) is 4. The summed E-state index contributed by atoms with van der Waals surface area (Å²) in [6.07, 6.45) is 7.53. The fourth-order valence-electron chi connectivity index (χ4n) is 3.78. The van der Waals surface area contributed by atoms with Crippen LogP contribution in [0.5, 0.6) is 0 Å². The van der Waals surface area contributed by atoms with Crippen molar-refractivity contribution in [2.75, 3.05) is 31.1 Å². The Morgan fingerprint density at radius 1 is 1.14 bits per heavy atom. The van der Waals surface area contributed by atoms with E-state index in [1.54, 1.807) is 0 Å². The number of nitrogens with zero attached hydrogens (tertiary/aromatic N) is 1. The summed E-state index contributed by atoms with van der Waals surface area (Å²) in [5, 5.41) is 3.70. The third-order valence-electron chi connectivity index (χ3n) is 5.15. The van der Waals surface area contributed by atoms with Gasteiger partial charge in [0.2, 0.25) is 0 Å². The van der Waals surface area contributed by atoms with E-state index >= 15 is 0 Å². The van der Waals surface area contributed by atoms with E-state index in [2.05, 4.69) is 17.1 Å². The number of rotatable bonds is 6. The Balaban J connectivity index is 1.86. The van der Waals surface area contributed by atoms with E-state index in [4.69, 9.17) is 0 Å². The van der Waals surface area contributed by atoms with Gasteiger partial charge in [-0.15, -0.1) is 0 Å². The van der Waals surface area contributed by atoms with Gasteiger partial charge in [0.25, 0.3) is 0 Å². The molecule has 2 rings (SSSR count). The molecule has 1 heterocycles. The summed E-state index contributed by atoms with van der Waals surface area (Å²) in [7, 11) is -2.86. The maximum atomic E-state index is 11.9. The molecule has 2 fully saturated rings. The normalized spacial score (nSPS) is 29.6. The van der Waals surface area contributed by atoms with Crippen molar-refractivity contribution >= 4 is 9.84 Å². The first-order chi connectivity index (χ1) is 10.0. The number of piperazine rings is 1. The van der Waals surface area contributed by atoms with E-state index in [0.29, 0.717) is 30.1 Å². The monoisotopic (exact) mass is 316 g/mol. The van der Waals surface area contributed by atoms with Crippen LogP contribution >= 0.6 is 0 Å². The standard InChI is InChI=1S/C16H32N2O2S/c1-3-10-21(19,20)11-9-18-13-16(17-12-14(18)2)15-7-5-4-6-8-15/h14-17H,3-13H2,1-2H3. The van der Waals surface area contributed by atoms with Crippen LogP contribution in [0.25, 0.3) is 0 Å². The molecule has 0 aromatic rings. The second kappa shape index (κ2) is 7.93. The highest BCUT2D eigenvalue weighted by Gasteiger charge is 2.31. The van der Waals surface area contributed by atoms with Gasteiger partial charge >= 0.3 is 0 Å². The van der Waals surface area contributed by atoms with Gasteiger partial charge in [-0.1, -0.05) is 26.2 Å². The molecular formula is C16H32N2O2S. The van der Waals surface area contributed by atoms with E-state index in [0.717, 1.165) is 25.4 Å². The molecule has 1 saturated carbocycles. The summed E-state index contributed by atoms with van der Waals surface area (Å²) in [6.45, 7) is 6.86. The second-order valence-corrected chi connectivity index (χ2v) is 9.21. The largest absolute Gasteiger partial charge is 0.311 e. The van der Waals surface area contributed by atoms with Crippen molar-refractivity contribution in [1.82, 2.24) is 10.2 Å². The molecule has 0 aromatic carbocycles. The van der Waals surface area contributed by atoms with Crippen molar-refractivity contribution in [3.05, 3.63) is 0 Å². The van der Waals surface area contributed by atoms with E-state index in [9.17, 15) is 8.42 Å². The average molecular weight is 317 g/mol. The third-order valence-corrected chi connectivity index (χ3v) is 6.99. The van der Waals surface area contributed by atoms with E-state index < -0.39 is 9.84 Å². The zero-order valence-corrected chi connectivity index (χ0v) is 14.5. The first-order valence-corrected chi connectivity index (χ1v) is 10.5. The van der Waals surface area contributed by atoms with E-state index in [-0.39, 0.29) is 0 Å². The van der Waals surface area contributed by atoms with Crippen LogP contribution in [0.3, 0.4) is 0 Å². The molecule has 0 bridgehead atoms. The zero-order chi connectivity index (χ0) is 15.3.